The number of piperidine rings is 1. The Hall–Kier alpha value is -1.34. The van der Waals surface area contributed by atoms with Gasteiger partial charge in [-0.3, -0.25) is 4.72 Å². The number of nitrogens with one attached hydrogen (secondary N) is 1. The molecule has 1 aliphatic heterocycles. The molecule has 0 amide bonds. The highest BCUT2D eigenvalue weighted by Gasteiger charge is 2.27. The second kappa shape index (κ2) is 5.34. The van der Waals surface area contributed by atoms with Crippen LogP contribution in [0.4, 0.5) is 15.8 Å². The molecule has 1 unspecified atom stereocenters. The first-order valence-electron chi connectivity index (χ1n) is 6.21. The van der Waals surface area contributed by atoms with Gasteiger partial charge in [0.15, 0.2) is 0 Å². The van der Waals surface area contributed by atoms with Crippen LogP contribution in [-0.2, 0) is 10.2 Å². The van der Waals surface area contributed by atoms with Gasteiger partial charge in [0.2, 0.25) is 0 Å². The third-order valence-electron chi connectivity index (χ3n) is 3.21. The highest BCUT2D eigenvalue weighted by atomic mass is 32.2. The maximum Gasteiger partial charge on any atom is 0.301 e. The average Bonchev–Trinajstić information content (AvgIpc) is 2.33. The lowest BCUT2D eigenvalue weighted by Crippen LogP contribution is -2.42. The van der Waals surface area contributed by atoms with Gasteiger partial charge in [-0.05, 0) is 30.9 Å². The lowest BCUT2D eigenvalue weighted by molar-refractivity contribution is 0.282. The molecule has 1 aliphatic rings. The average molecular weight is 287 g/mol. The van der Waals surface area contributed by atoms with E-state index in [2.05, 4.69) is 4.72 Å². The van der Waals surface area contributed by atoms with Gasteiger partial charge < -0.3 is 5.73 Å². The molecule has 1 fully saturated rings. The van der Waals surface area contributed by atoms with E-state index in [0.717, 1.165) is 18.9 Å². The fourth-order valence-corrected chi connectivity index (χ4v) is 3.54. The standard InChI is InChI=1S/C12H18FN3O2S/c1-9-3-2-6-16(8-9)19(17,18)15-10-4-5-12(14)11(13)7-10/h4-5,7,9,15H,2-3,6,8,14H2,1H3. The first-order valence-corrected chi connectivity index (χ1v) is 7.65. The van der Waals surface area contributed by atoms with Gasteiger partial charge in [0.25, 0.3) is 0 Å². The summed E-state index contributed by atoms with van der Waals surface area (Å²) < 4.78 is 41.4. The molecule has 2 rings (SSSR count). The summed E-state index contributed by atoms with van der Waals surface area (Å²) in [6, 6.07) is 3.87. The van der Waals surface area contributed by atoms with Crippen molar-refractivity contribution in [3.05, 3.63) is 24.0 Å². The van der Waals surface area contributed by atoms with Crippen molar-refractivity contribution >= 4 is 21.6 Å². The second-order valence-corrected chi connectivity index (χ2v) is 6.62. The highest BCUT2D eigenvalue weighted by molar-refractivity contribution is 7.90. The van der Waals surface area contributed by atoms with Crippen LogP contribution in [0.5, 0.6) is 0 Å². The van der Waals surface area contributed by atoms with Crippen molar-refractivity contribution in [1.82, 2.24) is 4.31 Å². The van der Waals surface area contributed by atoms with Crippen LogP contribution in [0.2, 0.25) is 0 Å². The van der Waals surface area contributed by atoms with Crippen molar-refractivity contribution in [3.8, 4) is 0 Å². The Labute approximate surface area is 112 Å². The van der Waals surface area contributed by atoms with Crippen molar-refractivity contribution in [2.45, 2.75) is 19.8 Å². The SMILES string of the molecule is CC1CCCN(S(=O)(=O)Nc2ccc(N)c(F)c2)C1. The van der Waals surface area contributed by atoms with E-state index in [1.165, 1.54) is 16.4 Å². The lowest BCUT2D eigenvalue weighted by atomic mass is 10.0. The van der Waals surface area contributed by atoms with Gasteiger partial charge in [-0.15, -0.1) is 0 Å². The van der Waals surface area contributed by atoms with E-state index in [4.69, 9.17) is 5.73 Å². The lowest BCUT2D eigenvalue weighted by Gasteiger charge is -2.30. The minimum atomic E-state index is -3.62. The fraction of sp³-hybridized carbons (Fsp3) is 0.500. The van der Waals surface area contributed by atoms with Gasteiger partial charge in [-0.1, -0.05) is 6.92 Å². The van der Waals surface area contributed by atoms with Gasteiger partial charge in [0.05, 0.1) is 11.4 Å². The molecule has 1 atom stereocenters. The Balaban J connectivity index is 2.14. The Kier molecular flexibility index (Phi) is 3.96. The van der Waals surface area contributed by atoms with Gasteiger partial charge >= 0.3 is 10.2 Å². The van der Waals surface area contributed by atoms with Crippen LogP contribution in [0.15, 0.2) is 18.2 Å². The van der Waals surface area contributed by atoms with Crippen LogP contribution in [0.1, 0.15) is 19.8 Å². The summed E-state index contributed by atoms with van der Waals surface area (Å²) in [5.74, 6) is -0.291. The van der Waals surface area contributed by atoms with Crippen molar-refractivity contribution in [3.63, 3.8) is 0 Å². The molecule has 0 aromatic heterocycles. The van der Waals surface area contributed by atoms with Crippen molar-refractivity contribution in [2.24, 2.45) is 5.92 Å². The molecule has 0 aliphatic carbocycles. The van der Waals surface area contributed by atoms with Crippen LogP contribution in [-0.4, -0.2) is 25.8 Å². The summed E-state index contributed by atoms with van der Waals surface area (Å²) in [6.45, 7) is 3.01. The van der Waals surface area contributed by atoms with Crippen molar-refractivity contribution < 1.29 is 12.8 Å². The molecule has 0 saturated carbocycles. The van der Waals surface area contributed by atoms with Crippen molar-refractivity contribution in [2.75, 3.05) is 23.5 Å². The van der Waals surface area contributed by atoms with Crippen LogP contribution < -0.4 is 10.5 Å². The van der Waals surface area contributed by atoms with Crippen LogP contribution in [0.25, 0.3) is 0 Å². The minimum absolute atomic E-state index is 0.00505. The maximum atomic E-state index is 13.3. The predicted molar refractivity (Wildman–Crippen MR) is 73.3 cm³/mol. The largest absolute Gasteiger partial charge is 0.396 e. The molecule has 1 aromatic rings. The zero-order chi connectivity index (χ0) is 14.0. The number of nitrogens with zero attached hydrogens (tertiary/aromatic N) is 1. The molecule has 5 nitrogen and oxygen atoms in total. The van der Waals surface area contributed by atoms with E-state index in [9.17, 15) is 12.8 Å². The summed E-state index contributed by atoms with van der Waals surface area (Å²) in [7, 11) is -3.62. The summed E-state index contributed by atoms with van der Waals surface area (Å²) in [5.41, 5.74) is 5.53. The van der Waals surface area contributed by atoms with Gasteiger partial charge in [0, 0.05) is 19.2 Å². The smallest absolute Gasteiger partial charge is 0.301 e. The number of nitrogen functional groups attached to an aromatic ring is 1. The third-order valence-corrected chi connectivity index (χ3v) is 4.71. The molecular formula is C12H18FN3O2S. The normalized spacial score (nSPS) is 21.3. The number of hydrogen-bond acceptors (Lipinski definition) is 3. The predicted octanol–water partition coefficient (Wildman–Crippen LogP) is 1.80. The molecule has 19 heavy (non-hydrogen) atoms. The van der Waals surface area contributed by atoms with Gasteiger partial charge in [-0.2, -0.15) is 12.7 Å². The summed E-state index contributed by atoms with van der Waals surface area (Å²) in [5, 5.41) is 0. The third kappa shape index (κ3) is 3.36. The van der Waals surface area contributed by atoms with Crippen molar-refractivity contribution in [1.29, 1.82) is 0 Å². The summed E-state index contributed by atoms with van der Waals surface area (Å²) >= 11 is 0. The highest BCUT2D eigenvalue weighted by Crippen LogP contribution is 2.21. The van der Waals surface area contributed by atoms with Crippen LogP contribution in [0, 0.1) is 11.7 Å². The topological polar surface area (TPSA) is 75.4 Å². The summed E-state index contributed by atoms with van der Waals surface area (Å²) in [6.07, 6.45) is 1.88. The zero-order valence-electron chi connectivity index (χ0n) is 10.8. The Morgan fingerprint density at radius 1 is 1.47 bits per heavy atom. The van der Waals surface area contributed by atoms with E-state index < -0.39 is 16.0 Å². The fourth-order valence-electron chi connectivity index (χ4n) is 2.17. The summed E-state index contributed by atoms with van der Waals surface area (Å²) in [4.78, 5) is 0. The number of hydrogen-bond donors (Lipinski definition) is 2. The molecule has 0 radical (unpaired) electrons. The molecular weight excluding hydrogens is 269 g/mol. The van der Waals surface area contributed by atoms with E-state index in [1.807, 2.05) is 6.92 Å². The van der Waals surface area contributed by atoms with E-state index in [1.54, 1.807) is 0 Å². The molecule has 1 aromatic carbocycles. The van der Waals surface area contributed by atoms with Crippen LogP contribution >= 0.6 is 0 Å². The number of benzene rings is 1. The Morgan fingerprint density at radius 2 is 2.21 bits per heavy atom. The first-order chi connectivity index (χ1) is 8.88. The minimum Gasteiger partial charge on any atom is -0.396 e. The van der Waals surface area contributed by atoms with E-state index in [-0.39, 0.29) is 11.4 Å². The number of rotatable bonds is 3. The van der Waals surface area contributed by atoms with E-state index in [0.29, 0.717) is 19.0 Å². The Morgan fingerprint density at radius 3 is 2.84 bits per heavy atom. The molecule has 0 spiro atoms. The zero-order valence-corrected chi connectivity index (χ0v) is 11.6. The number of halogens is 1. The van der Waals surface area contributed by atoms with E-state index >= 15 is 0 Å². The molecule has 1 heterocycles. The Bertz CT molecular complexity index is 562. The molecule has 0 bridgehead atoms. The monoisotopic (exact) mass is 287 g/mol. The molecule has 3 N–H and O–H groups in total. The quantitative estimate of drug-likeness (QED) is 0.832. The maximum absolute atomic E-state index is 13.3. The first kappa shape index (κ1) is 14.1. The molecule has 106 valence electrons. The second-order valence-electron chi connectivity index (χ2n) is 4.95. The van der Waals surface area contributed by atoms with Gasteiger partial charge in [-0.25, -0.2) is 4.39 Å². The number of nitrogens with two attached hydrogens (primary N) is 1. The number of anilines is 2. The molecule has 7 heteroatoms. The molecule has 1 saturated heterocycles. The van der Waals surface area contributed by atoms with Crippen LogP contribution in [0.3, 0.4) is 0 Å². The van der Waals surface area contributed by atoms with Gasteiger partial charge in [0.1, 0.15) is 5.82 Å².